The molecule has 0 amide bonds. The highest BCUT2D eigenvalue weighted by Gasteiger charge is 2.17. The molecule has 0 bridgehead atoms. The molecule has 1 aromatic heterocycles. The Kier molecular flexibility index (Phi) is 1.98. The lowest BCUT2D eigenvalue weighted by atomic mass is 10.3. The molecule has 6 nitrogen and oxygen atoms in total. The first-order valence-corrected chi connectivity index (χ1v) is 5.04. The Balaban J connectivity index is 2.05. The van der Waals surface area contributed by atoms with Crippen LogP contribution in [0.2, 0.25) is 5.02 Å². The van der Waals surface area contributed by atoms with Crippen molar-refractivity contribution in [1.82, 2.24) is 25.8 Å². The van der Waals surface area contributed by atoms with Crippen molar-refractivity contribution < 1.29 is 5.11 Å². The second-order valence-electron chi connectivity index (χ2n) is 3.42. The first-order valence-electron chi connectivity index (χ1n) is 4.67. The number of aromatic nitrogens is 3. The summed E-state index contributed by atoms with van der Waals surface area (Å²) >= 11 is 5.85. The summed E-state index contributed by atoms with van der Waals surface area (Å²) in [5, 5.41) is 18.3. The number of rotatable bonds is 1. The van der Waals surface area contributed by atoms with Crippen LogP contribution in [0.25, 0.3) is 11.0 Å². The van der Waals surface area contributed by atoms with Crippen molar-refractivity contribution >= 4 is 22.6 Å². The molecule has 3 rings (SSSR count). The summed E-state index contributed by atoms with van der Waals surface area (Å²) in [5.41, 5.74) is 6.85. The minimum atomic E-state index is -0.300. The monoisotopic (exact) mass is 237 g/mol. The van der Waals surface area contributed by atoms with E-state index >= 15 is 0 Å². The van der Waals surface area contributed by atoms with Crippen LogP contribution in [0.1, 0.15) is 6.17 Å². The Bertz CT molecular complexity index is 578. The molecule has 0 saturated heterocycles. The Hall–Kier alpha value is -1.79. The highest BCUT2D eigenvalue weighted by molar-refractivity contribution is 6.31. The smallest absolute Gasteiger partial charge is 0.198 e. The number of nitrogens with one attached hydrogen (secondary N) is 2. The number of aliphatic hydroxyl groups excluding tert-OH is 1. The van der Waals surface area contributed by atoms with Gasteiger partial charge in [-0.05, 0) is 18.2 Å². The average molecular weight is 238 g/mol. The van der Waals surface area contributed by atoms with Crippen LogP contribution in [-0.2, 0) is 0 Å². The van der Waals surface area contributed by atoms with Crippen molar-refractivity contribution in [1.29, 1.82) is 0 Å². The predicted octanol–water partition coefficient (Wildman–Crippen LogP) is 1.09. The lowest BCUT2D eigenvalue weighted by molar-refractivity contribution is 0.340. The van der Waals surface area contributed by atoms with Gasteiger partial charge in [-0.1, -0.05) is 11.6 Å². The summed E-state index contributed by atoms with van der Waals surface area (Å²) in [6.07, 6.45) is 1.27. The molecular weight excluding hydrogens is 230 g/mol. The molecule has 1 atom stereocenters. The van der Waals surface area contributed by atoms with Crippen LogP contribution in [0.15, 0.2) is 30.2 Å². The van der Waals surface area contributed by atoms with Gasteiger partial charge < -0.3 is 5.11 Å². The fourth-order valence-corrected chi connectivity index (χ4v) is 1.70. The van der Waals surface area contributed by atoms with E-state index in [1.54, 1.807) is 24.3 Å². The van der Waals surface area contributed by atoms with Gasteiger partial charge in [-0.25, -0.2) is 5.43 Å². The van der Waals surface area contributed by atoms with E-state index in [0.29, 0.717) is 10.5 Å². The van der Waals surface area contributed by atoms with Gasteiger partial charge in [-0.2, -0.15) is 15.0 Å². The number of halogens is 1. The van der Waals surface area contributed by atoms with Gasteiger partial charge >= 0.3 is 0 Å². The van der Waals surface area contributed by atoms with Crippen LogP contribution in [0.5, 0.6) is 0 Å². The van der Waals surface area contributed by atoms with E-state index in [0.717, 1.165) is 5.52 Å². The third-order valence-corrected chi connectivity index (χ3v) is 2.51. The molecule has 0 fully saturated rings. The number of hydrogen-bond donors (Lipinski definition) is 3. The Morgan fingerprint density at radius 3 is 2.88 bits per heavy atom. The zero-order valence-corrected chi connectivity index (χ0v) is 8.81. The van der Waals surface area contributed by atoms with Crippen molar-refractivity contribution in [2.24, 2.45) is 0 Å². The van der Waals surface area contributed by atoms with E-state index < -0.39 is 0 Å². The van der Waals surface area contributed by atoms with Crippen LogP contribution in [0.4, 0.5) is 0 Å². The zero-order valence-electron chi connectivity index (χ0n) is 8.05. The lowest BCUT2D eigenvalue weighted by Gasteiger charge is -2.05. The molecule has 0 aliphatic carbocycles. The third kappa shape index (κ3) is 1.48. The van der Waals surface area contributed by atoms with Gasteiger partial charge in [0, 0.05) is 11.1 Å². The molecular formula is C9H8ClN5O. The number of hydrogen-bond acceptors (Lipinski definition) is 5. The predicted molar refractivity (Wildman–Crippen MR) is 58.6 cm³/mol. The molecule has 16 heavy (non-hydrogen) atoms. The van der Waals surface area contributed by atoms with Gasteiger partial charge in [0.1, 0.15) is 11.0 Å². The summed E-state index contributed by atoms with van der Waals surface area (Å²) in [5.74, 6) is 0.0596. The third-order valence-electron chi connectivity index (χ3n) is 2.27. The minimum absolute atomic E-state index is 0.0596. The van der Waals surface area contributed by atoms with Gasteiger partial charge in [0.15, 0.2) is 12.0 Å². The second-order valence-corrected chi connectivity index (χ2v) is 3.86. The summed E-state index contributed by atoms with van der Waals surface area (Å²) in [4.78, 5) is 1.47. The maximum Gasteiger partial charge on any atom is 0.198 e. The maximum absolute atomic E-state index is 9.18. The van der Waals surface area contributed by atoms with Crippen molar-refractivity contribution in [3.8, 4) is 0 Å². The number of hydrazine groups is 1. The van der Waals surface area contributed by atoms with Crippen molar-refractivity contribution in [3.63, 3.8) is 0 Å². The fourth-order valence-electron chi connectivity index (χ4n) is 1.53. The Morgan fingerprint density at radius 2 is 2.12 bits per heavy atom. The van der Waals surface area contributed by atoms with E-state index in [1.165, 1.54) is 4.80 Å². The molecule has 1 unspecified atom stereocenters. The van der Waals surface area contributed by atoms with Crippen molar-refractivity contribution in [2.45, 2.75) is 6.17 Å². The number of nitrogens with zero attached hydrogens (tertiary/aromatic N) is 3. The second kappa shape index (κ2) is 3.36. The highest BCUT2D eigenvalue weighted by atomic mass is 35.5. The van der Waals surface area contributed by atoms with E-state index in [2.05, 4.69) is 21.0 Å². The Labute approximate surface area is 95.5 Å². The van der Waals surface area contributed by atoms with E-state index in [-0.39, 0.29) is 12.0 Å². The molecule has 7 heteroatoms. The maximum atomic E-state index is 9.18. The molecule has 1 aromatic carbocycles. The van der Waals surface area contributed by atoms with Crippen LogP contribution >= 0.6 is 11.6 Å². The van der Waals surface area contributed by atoms with Gasteiger partial charge in [0.05, 0.1) is 0 Å². The molecule has 0 saturated carbocycles. The van der Waals surface area contributed by atoms with Crippen LogP contribution in [0, 0.1) is 0 Å². The quantitative estimate of drug-likeness (QED) is 0.692. The number of aliphatic hydroxyl groups is 1. The highest BCUT2D eigenvalue weighted by Crippen LogP contribution is 2.17. The van der Waals surface area contributed by atoms with Gasteiger partial charge in [0.2, 0.25) is 0 Å². The standard InChI is InChI=1S/C9H8ClN5O/c10-5-1-2-6-7(3-5)14-15(13-6)8-4-9(16)12-11-8/h1-4,8,11-12,16H. The van der Waals surface area contributed by atoms with Gasteiger partial charge in [0.25, 0.3) is 0 Å². The molecule has 82 valence electrons. The summed E-state index contributed by atoms with van der Waals surface area (Å²) < 4.78 is 0. The van der Waals surface area contributed by atoms with Crippen LogP contribution in [0.3, 0.4) is 0 Å². The topological polar surface area (TPSA) is 75.0 Å². The lowest BCUT2D eigenvalue weighted by Crippen LogP contribution is -2.31. The first-order chi connectivity index (χ1) is 7.72. The van der Waals surface area contributed by atoms with E-state index in [4.69, 9.17) is 11.6 Å². The molecule has 2 heterocycles. The summed E-state index contributed by atoms with van der Waals surface area (Å²) in [6.45, 7) is 0. The van der Waals surface area contributed by atoms with E-state index in [9.17, 15) is 5.11 Å². The number of fused-ring (bicyclic) bond motifs is 1. The molecule has 0 spiro atoms. The van der Waals surface area contributed by atoms with Crippen molar-refractivity contribution in [3.05, 3.63) is 35.2 Å². The SMILES string of the molecule is OC1=CC(n2nc3ccc(Cl)cc3n2)NN1. The fraction of sp³-hybridized carbons (Fsp3) is 0.111. The molecule has 0 radical (unpaired) electrons. The van der Waals surface area contributed by atoms with Gasteiger partial charge in [-0.3, -0.25) is 5.43 Å². The van der Waals surface area contributed by atoms with Crippen LogP contribution < -0.4 is 10.9 Å². The van der Waals surface area contributed by atoms with Gasteiger partial charge in [-0.15, -0.1) is 0 Å². The largest absolute Gasteiger partial charge is 0.494 e. The average Bonchev–Trinajstić information content (AvgIpc) is 2.83. The minimum Gasteiger partial charge on any atom is -0.494 e. The van der Waals surface area contributed by atoms with Crippen molar-refractivity contribution in [2.75, 3.05) is 0 Å². The number of benzene rings is 1. The summed E-state index contributed by atoms with van der Waals surface area (Å²) in [7, 11) is 0. The molecule has 1 aliphatic rings. The molecule has 2 aromatic rings. The Morgan fingerprint density at radius 1 is 1.31 bits per heavy atom. The van der Waals surface area contributed by atoms with E-state index in [1.807, 2.05) is 0 Å². The zero-order chi connectivity index (χ0) is 11.1. The van der Waals surface area contributed by atoms with Crippen LogP contribution in [-0.4, -0.2) is 20.1 Å². The molecule has 3 N–H and O–H groups in total. The summed E-state index contributed by atoms with van der Waals surface area (Å²) in [6, 6.07) is 5.30. The molecule has 1 aliphatic heterocycles. The first kappa shape index (κ1) is 9.44. The normalized spacial score (nSPS) is 19.8.